The summed E-state index contributed by atoms with van der Waals surface area (Å²) in [6, 6.07) is 0. The third kappa shape index (κ3) is 3.26. The molecule has 5 heteroatoms. The third-order valence-electron chi connectivity index (χ3n) is 3.35. The van der Waals surface area contributed by atoms with Crippen LogP contribution < -0.4 is 5.32 Å². The van der Waals surface area contributed by atoms with Gasteiger partial charge < -0.3 is 14.6 Å². The molecule has 1 saturated heterocycles. The van der Waals surface area contributed by atoms with Crippen LogP contribution in [-0.2, 0) is 17.7 Å². The summed E-state index contributed by atoms with van der Waals surface area (Å²) in [7, 11) is 0. The van der Waals surface area contributed by atoms with Gasteiger partial charge in [-0.1, -0.05) is 5.16 Å². The van der Waals surface area contributed by atoms with Crippen molar-refractivity contribution in [3.63, 3.8) is 0 Å². The summed E-state index contributed by atoms with van der Waals surface area (Å²) in [4.78, 5) is 4.37. The van der Waals surface area contributed by atoms with Gasteiger partial charge in [-0.2, -0.15) is 4.98 Å². The number of aromatic nitrogens is 2. The molecular weight excluding hydrogens is 218 g/mol. The summed E-state index contributed by atoms with van der Waals surface area (Å²) in [5, 5.41) is 7.33. The molecule has 2 fully saturated rings. The number of hydrogen-bond donors (Lipinski definition) is 1. The van der Waals surface area contributed by atoms with Crippen LogP contribution in [0, 0.1) is 5.92 Å². The summed E-state index contributed by atoms with van der Waals surface area (Å²) in [6.45, 7) is 2.64. The van der Waals surface area contributed by atoms with E-state index in [4.69, 9.17) is 9.26 Å². The molecule has 1 aromatic heterocycles. The van der Waals surface area contributed by atoms with E-state index >= 15 is 0 Å². The molecule has 1 saturated carbocycles. The standard InChI is InChI=1S/C12H19N3O2/c1-2-10(16-5-1)6-11-14-12(17-15-11)8-13-7-9-3-4-9/h9-10,13H,1-8H2. The Balaban J connectivity index is 1.43. The van der Waals surface area contributed by atoms with Gasteiger partial charge in [-0.3, -0.25) is 0 Å². The molecule has 94 valence electrons. The highest BCUT2D eigenvalue weighted by Crippen LogP contribution is 2.27. The molecule has 0 bridgehead atoms. The summed E-state index contributed by atoms with van der Waals surface area (Å²) in [6.07, 6.45) is 6.07. The molecule has 1 aliphatic carbocycles. The Kier molecular flexibility index (Phi) is 3.38. The zero-order valence-electron chi connectivity index (χ0n) is 10.0. The van der Waals surface area contributed by atoms with E-state index in [1.54, 1.807) is 0 Å². The van der Waals surface area contributed by atoms with E-state index in [9.17, 15) is 0 Å². The van der Waals surface area contributed by atoms with Gasteiger partial charge in [0.2, 0.25) is 5.89 Å². The van der Waals surface area contributed by atoms with Crippen LogP contribution >= 0.6 is 0 Å². The Hall–Kier alpha value is -0.940. The molecule has 0 amide bonds. The number of nitrogens with zero attached hydrogens (tertiary/aromatic N) is 2. The molecule has 1 aliphatic heterocycles. The van der Waals surface area contributed by atoms with Gasteiger partial charge in [-0.05, 0) is 38.1 Å². The Labute approximate surface area is 101 Å². The van der Waals surface area contributed by atoms with Crippen molar-refractivity contribution < 1.29 is 9.26 Å². The molecule has 2 aliphatic rings. The van der Waals surface area contributed by atoms with E-state index < -0.39 is 0 Å². The van der Waals surface area contributed by atoms with Gasteiger partial charge in [-0.15, -0.1) is 0 Å². The van der Waals surface area contributed by atoms with E-state index in [-0.39, 0.29) is 0 Å². The van der Waals surface area contributed by atoms with Gasteiger partial charge >= 0.3 is 0 Å². The summed E-state index contributed by atoms with van der Waals surface area (Å²) in [5.41, 5.74) is 0. The first kappa shape index (κ1) is 11.2. The second-order valence-corrected chi connectivity index (χ2v) is 5.02. The van der Waals surface area contributed by atoms with Gasteiger partial charge in [0.25, 0.3) is 0 Å². The third-order valence-corrected chi connectivity index (χ3v) is 3.35. The van der Waals surface area contributed by atoms with Gasteiger partial charge in [0.15, 0.2) is 5.82 Å². The highest BCUT2D eigenvalue weighted by molar-refractivity contribution is 4.90. The maximum absolute atomic E-state index is 5.55. The molecule has 0 aromatic carbocycles. The molecule has 5 nitrogen and oxygen atoms in total. The molecule has 1 N–H and O–H groups in total. The predicted octanol–water partition coefficient (Wildman–Crippen LogP) is 1.29. The zero-order valence-corrected chi connectivity index (χ0v) is 10.0. The summed E-state index contributed by atoms with van der Waals surface area (Å²) in [5.74, 6) is 2.35. The smallest absolute Gasteiger partial charge is 0.240 e. The van der Waals surface area contributed by atoms with Gasteiger partial charge in [0.1, 0.15) is 0 Å². The summed E-state index contributed by atoms with van der Waals surface area (Å²) >= 11 is 0. The number of hydrogen-bond acceptors (Lipinski definition) is 5. The van der Waals surface area contributed by atoms with Crippen LogP contribution in [0.3, 0.4) is 0 Å². The van der Waals surface area contributed by atoms with Crippen LogP contribution in [0.25, 0.3) is 0 Å². The Morgan fingerprint density at radius 1 is 1.29 bits per heavy atom. The van der Waals surface area contributed by atoms with E-state index in [1.807, 2.05) is 0 Å². The SMILES string of the molecule is C1COC(Cc2noc(CNCC3CC3)n2)C1. The van der Waals surface area contributed by atoms with Gasteiger partial charge in [0.05, 0.1) is 12.6 Å². The molecule has 1 aromatic rings. The van der Waals surface area contributed by atoms with Crippen molar-refractivity contribution in [1.82, 2.24) is 15.5 Å². The summed E-state index contributed by atoms with van der Waals surface area (Å²) < 4.78 is 10.7. The maximum atomic E-state index is 5.55. The fourth-order valence-corrected chi connectivity index (χ4v) is 2.16. The van der Waals surface area contributed by atoms with Crippen LogP contribution in [0.4, 0.5) is 0 Å². The Morgan fingerprint density at radius 3 is 3.00 bits per heavy atom. The van der Waals surface area contributed by atoms with Crippen LogP contribution in [0.1, 0.15) is 37.4 Å². The number of nitrogens with one attached hydrogen (secondary N) is 1. The molecular formula is C12H19N3O2. The van der Waals surface area contributed by atoms with Crippen molar-refractivity contribution in [2.75, 3.05) is 13.2 Å². The Morgan fingerprint density at radius 2 is 2.24 bits per heavy atom. The van der Waals surface area contributed by atoms with Crippen LogP contribution in [0.15, 0.2) is 4.52 Å². The Bertz CT molecular complexity index is 356. The van der Waals surface area contributed by atoms with Crippen molar-refractivity contribution in [2.45, 2.75) is 44.8 Å². The highest BCUT2D eigenvalue weighted by atomic mass is 16.5. The fraction of sp³-hybridized carbons (Fsp3) is 0.833. The first-order valence-corrected chi connectivity index (χ1v) is 6.54. The van der Waals surface area contributed by atoms with E-state index in [0.29, 0.717) is 18.5 Å². The second kappa shape index (κ2) is 5.14. The van der Waals surface area contributed by atoms with Crippen molar-refractivity contribution in [2.24, 2.45) is 5.92 Å². The second-order valence-electron chi connectivity index (χ2n) is 5.02. The lowest BCUT2D eigenvalue weighted by Gasteiger charge is -2.03. The minimum atomic E-state index is 0.292. The van der Waals surface area contributed by atoms with Crippen molar-refractivity contribution in [1.29, 1.82) is 0 Å². The fourth-order valence-electron chi connectivity index (χ4n) is 2.16. The lowest BCUT2D eigenvalue weighted by atomic mass is 10.2. The molecule has 1 unspecified atom stereocenters. The maximum Gasteiger partial charge on any atom is 0.240 e. The molecule has 17 heavy (non-hydrogen) atoms. The zero-order chi connectivity index (χ0) is 11.5. The minimum Gasteiger partial charge on any atom is -0.378 e. The quantitative estimate of drug-likeness (QED) is 0.808. The molecule has 3 rings (SSSR count). The lowest BCUT2D eigenvalue weighted by molar-refractivity contribution is 0.109. The van der Waals surface area contributed by atoms with E-state index in [1.165, 1.54) is 12.8 Å². The molecule has 2 heterocycles. The van der Waals surface area contributed by atoms with Crippen molar-refractivity contribution in [3.8, 4) is 0 Å². The van der Waals surface area contributed by atoms with E-state index in [2.05, 4.69) is 15.5 Å². The largest absolute Gasteiger partial charge is 0.378 e. The first-order chi connectivity index (χ1) is 8.40. The average Bonchev–Trinajstić information content (AvgIpc) is 2.83. The monoisotopic (exact) mass is 237 g/mol. The van der Waals surface area contributed by atoms with Crippen LogP contribution in [-0.4, -0.2) is 29.4 Å². The highest BCUT2D eigenvalue weighted by Gasteiger charge is 2.21. The predicted molar refractivity (Wildman–Crippen MR) is 61.4 cm³/mol. The topological polar surface area (TPSA) is 60.2 Å². The van der Waals surface area contributed by atoms with Crippen molar-refractivity contribution in [3.05, 3.63) is 11.7 Å². The molecule has 0 radical (unpaired) electrons. The van der Waals surface area contributed by atoms with Crippen molar-refractivity contribution >= 4 is 0 Å². The van der Waals surface area contributed by atoms with Gasteiger partial charge in [0, 0.05) is 13.0 Å². The van der Waals surface area contributed by atoms with E-state index in [0.717, 1.165) is 44.2 Å². The number of ether oxygens (including phenoxy) is 1. The lowest BCUT2D eigenvalue weighted by Crippen LogP contribution is -2.16. The minimum absolute atomic E-state index is 0.292. The molecule has 1 atom stereocenters. The normalized spacial score (nSPS) is 24.4. The average molecular weight is 237 g/mol. The van der Waals surface area contributed by atoms with Crippen LogP contribution in [0.2, 0.25) is 0 Å². The van der Waals surface area contributed by atoms with Crippen LogP contribution in [0.5, 0.6) is 0 Å². The van der Waals surface area contributed by atoms with Gasteiger partial charge in [-0.25, -0.2) is 0 Å². The first-order valence-electron chi connectivity index (χ1n) is 6.54. The number of rotatable bonds is 6. The molecule has 0 spiro atoms.